The molecule has 1 aromatic carbocycles. The monoisotopic (exact) mass is 299 g/mol. The van der Waals surface area contributed by atoms with E-state index in [1.807, 2.05) is 0 Å². The fourth-order valence-electron chi connectivity index (χ4n) is 2.47. The van der Waals surface area contributed by atoms with Crippen LogP contribution in [0.15, 0.2) is 24.3 Å². The van der Waals surface area contributed by atoms with E-state index >= 15 is 0 Å². The zero-order valence-corrected chi connectivity index (χ0v) is 11.8. The van der Waals surface area contributed by atoms with Gasteiger partial charge in [0.2, 0.25) is 5.91 Å². The van der Waals surface area contributed by atoms with Crippen LogP contribution < -0.4 is 11.1 Å². The smallest absolute Gasteiger partial charge is 0.271 e. The van der Waals surface area contributed by atoms with Crippen LogP contribution >= 0.6 is 12.4 Å². The van der Waals surface area contributed by atoms with Gasteiger partial charge in [-0.1, -0.05) is 12.5 Å². The Bertz CT molecular complexity index is 496. The third kappa shape index (κ3) is 4.18. The minimum Gasteiger partial charge on any atom is -0.327 e. The number of nitrogens with zero attached hydrogens (tertiary/aromatic N) is 1. The molecule has 7 heteroatoms. The van der Waals surface area contributed by atoms with E-state index in [0.717, 1.165) is 19.3 Å². The number of nitro benzene ring substituents is 1. The maximum atomic E-state index is 11.9. The number of nitro groups is 1. The van der Waals surface area contributed by atoms with Gasteiger partial charge in [0.05, 0.1) is 4.92 Å². The first-order chi connectivity index (χ1) is 9.06. The quantitative estimate of drug-likeness (QED) is 0.659. The number of non-ortho nitro benzene ring substituents is 1. The third-order valence-corrected chi connectivity index (χ3v) is 3.51. The zero-order chi connectivity index (χ0) is 13.8. The number of carbonyl (C=O) groups excluding carboxylic acids is 1. The largest absolute Gasteiger partial charge is 0.327 e. The van der Waals surface area contributed by atoms with Gasteiger partial charge in [0.25, 0.3) is 5.69 Å². The topological polar surface area (TPSA) is 98.3 Å². The van der Waals surface area contributed by atoms with Crippen molar-refractivity contribution in [3.8, 4) is 0 Å². The van der Waals surface area contributed by atoms with Crippen LogP contribution in [0.25, 0.3) is 0 Å². The standard InChI is InChI=1S/C13H17N3O3.ClH/c14-12-6-1-3-9(12)7-13(17)15-10-4-2-5-11(8-10)16(18)19;/h2,4-5,8-9,12H,1,3,6-7,14H2,(H,15,17);1H/t9-,12+;/m0./s1. The Kier molecular flexibility index (Phi) is 5.91. The molecule has 0 aliphatic heterocycles. The zero-order valence-electron chi connectivity index (χ0n) is 11.0. The first kappa shape index (κ1) is 16.4. The Labute approximate surface area is 123 Å². The van der Waals surface area contributed by atoms with Gasteiger partial charge in [-0.05, 0) is 24.8 Å². The van der Waals surface area contributed by atoms with Crippen molar-refractivity contribution < 1.29 is 9.72 Å². The van der Waals surface area contributed by atoms with E-state index in [4.69, 9.17) is 5.73 Å². The number of carbonyl (C=O) groups is 1. The average Bonchev–Trinajstić information content (AvgIpc) is 2.75. The van der Waals surface area contributed by atoms with Crippen LogP contribution in [0.5, 0.6) is 0 Å². The molecule has 1 fully saturated rings. The molecule has 1 amide bonds. The summed E-state index contributed by atoms with van der Waals surface area (Å²) in [5, 5.41) is 13.3. The SMILES string of the molecule is Cl.N[C@@H]1CCC[C@H]1CC(=O)Nc1cccc([N+](=O)[O-])c1. The number of halogens is 1. The van der Waals surface area contributed by atoms with Crippen molar-refractivity contribution in [1.29, 1.82) is 0 Å². The van der Waals surface area contributed by atoms with Crippen LogP contribution in [-0.4, -0.2) is 16.9 Å². The van der Waals surface area contributed by atoms with Crippen molar-refractivity contribution in [2.45, 2.75) is 31.7 Å². The Hall–Kier alpha value is -1.66. The number of benzene rings is 1. The lowest BCUT2D eigenvalue weighted by atomic mass is 10.00. The third-order valence-electron chi connectivity index (χ3n) is 3.51. The van der Waals surface area contributed by atoms with Crippen molar-refractivity contribution in [2.75, 3.05) is 5.32 Å². The predicted octanol–water partition coefficient (Wildman–Crippen LogP) is 2.47. The molecule has 2 atom stereocenters. The number of nitrogens with two attached hydrogens (primary N) is 1. The van der Waals surface area contributed by atoms with Gasteiger partial charge in [-0.25, -0.2) is 0 Å². The summed E-state index contributed by atoms with van der Waals surface area (Å²) in [6, 6.07) is 6.03. The normalized spacial score (nSPS) is 21.1. The van der Waals surface area contributed by atoms with Crippen molar-refractivity contribution in [2.24, 2.45) is 11.7 Å². The number of nitrogens with one attached hydrogen (secondary N) is 1. The van der Waals surface area contributed by atoms with Crippen molar-refractivity contribution >= 4 is 29.7 Å². The second kappa shape index (κ2) is 7.21. The number of rotatable bonds is 4. The highest BCUT2D eigenvalue weighted by Gasteiger charge is 2.26. The summed E-state index contributed by atoms with van der Waals surface area (Å²) in [7, 11) is 0. The predicted molar refractivity (Wildman–Crippen MR) is 78.9 cm³/mol. The molecule has 1 aliphatic carbocycles. The Morgan fingerprint density at radius 3 is 2.80 bits per heavy atom. The summed E-state index contributed by atoms with van der Waals surface area (Å²) in [6.07, 6.45) is 3.39. The highest BCUT2D eigenvalue weighted by molar-refractivity contribution is 5.91. The number of hydrogen-bond donors (Lipinski definition) is 2. The molecule has 6 nitrogen and oxygen atoms in total. The van der Waals surface area contributed by atoms with Crippen LogP contribution in [-0.2, 0) is 4.79 Å². The molecular weight excluding hydrogens is 282 g/mol. The summed E-state index contributed by atoms with van der Waals surface area (Å²) in [4.78, 5) is 22.0. The van der Waals surface area contributed by atoms with Gasteiger partial charge in [0.15, 0.2) is 0 Å². The molecule has 0 radical (unpaired) electrons. The van der Waals surface area contributed by atoms with E-state index in [9.17, 15) is 14.9 Å². The molecule has 3 N–H and O–H groups in total. The van der Waals surface area contributed by atoms with Crippen molar-refractivity contribution in [3.05, 3.63) is 34.4 Å². The van der Waals surface area contributed by atoms with Gasteiger partial charge in [-0.2, -0.15) is 0 Å². The molecule has 0 bridgehead atoms. The summed E-state index contributed by atoms with van der Waals surface area (Å²) in [5.41, 5.74) is 6.33. The fourth-order valence-corrected chi connectivity index (χ4v) is 2.47. The van der Waals surface area contributed by atoms with Crippen molar-refractivity contribution in [1.82, 2.24) is 0 Å². The Morgan fingerprint density at radius 1 is 1.45 bits per heavy atom. The highest BCUT2D eigenvalue weighted by atomic mass is 35.5. The molecule has 2 rings (SSSR count). The first-order valence-electron chi connectivity index (χ1n) is 6.36. The molecule has 0 unspecified atom stereocenters. The molecular formula is C13H18ClN3O3. The van der Waals surface area contributed by atoms with Crippen LogP contribution in [0.2, 0.25) is 0 Å². The molecule has 0 heterocycles. The second-order valence-electron chi connectivity index (χ2n) is 4.91. The average molecular weight is 300 g/mol. The molecule has 1 saturated carbocycles. The summed E-state index contributed by atoms with van der Waals surface area (Å²) >= 11 is 0. The van der Waals surface area contributed by atoms with Gasteiger partial charge in [0, 0.05) is 30.3 Å². The van der Waals surface area contributed by atoms with E-state index in [1.165, 1.54) is 12.1 Å². The summed E-state index contributed by atoms with van der Waals surface area (Å²) < 4.78 is 0. The lowest BCUT2D eigenvalue weighted by Gasteiger charge is -2.14. The van der Waals surface area contributed by atoms with Crippen LogP contribution in [0.4, 0.5) is 11.4 Å². The van der Waals surface area contributed by atoms with Gasteiger partial charge >= 0.3 is 0 Å². The molecule has 20 heavy (non-hydrogen) atoms. The molecule has 110 valence electrons. The Balaban J connectivity index is 0.00000200. The minimum atomic E-state index is -0.484. The van der Waals surface area contributed by atoms with Crippen LogP contribution in [0, 0.1) is 16.0 Å². The van der Waals surface area contributed by atoms with Crippen LogP contribution in [0.1, 0.15) is 25.7 Å². The second-order valence-corrected chi connectivity index (χ2v) is 4.91. The minimum absolute atomic E-state index is 0. The number of anilines is 1. The first-order valence-corrected chi connectivity index (χ1v) is 6.36. The maximum Gasteiger partial charge on any atom is 0.271 e. The molecule has 0 spiro atoms. The Morgan fingerprint density at radius 2 is 2.20 bits per heavy atom. The van der Waals surface area contributed by atoms with Gasteiger partial charge in [-0.15, -0.1) is 12.4 Å². The van der Waals surface area contributed by atoms with E-state index in [0.29, 0.717) is 12.1 Å². The lowest BCUT2D eigenvalue weighted by molar-refractivity contribution is -0.384. The lowest BCUT2D eigenvalue weighted by Crippen LogP contribution is -2.28. The molecule has 1 aliphatic rings. The van der Waals surface area contributed by atoms with Crippen molar-refractivity contribution in [3.63, 3.8) is 0 Å². The summed E-state index contributed by atoms with van der Waals surface area (Å²) in [5.74, 6) is 0.0848. The highest BCUT2D eigenvalue weighted by Crippen LogP contribution is 2.27. The number of amides is 1. The fraction of sp³-hybridized carbons (Fsp3) is 0.462. The van der Waals surface area contributed by atoms with Gasteiger partial charge < -0.3 is 11.1 Å². The van der Waals surface area contributed by atoms with E-state index in [1.54, 1.807) is 12.1 Å². The van der Waals surface area contributed by atoms with E-state index in [2.05, 4.69) is 5.32 Å². The number of hydrogen-bond acceptors (Lipinski definition) is 4. The van der Waals surface area contributed by atoms with Gasteiger partial charge in [-0.3, -0.25) is 14.9 Å². The molecule has 1 aromatic rings. The molecule has 0 aromatic heterocycles. The van der Waals surface area contributed by atoms with E-state index in [-0.39, 0.29) is 36.0 Å². The molecule has 0 saturated heterocycles. The maximum absolute atomic E-state index is 11.9. The van der Waals surface area contributed by atoms with Crippen LogP contribution in [0.3, 0.4) is 0 Å². The van der Waals surface area contributed by atoms with Gasteiger partial charge in [0.1, 0.15) is 0 Å². The summed E-state index contributed by atoms with van der Waals surface area (Å²) in [6.45, 7) is 0. The van der Waals surface area contributed by atoms with E-state index < -0.39 is 4.92 Å².